The van der Waals surface area contributed by atoms with Crippen LogP contribution in [-0.4, -0.2) is 30.1 Å². The lowest BCUT2D eigenvalue weighted by Crippen LogP contribution is -2.40. The minimum atomic E-state index is -3.82. The predicted octanol–water partition coefficient (Wildman–Crippen LogP) is 1.17. The van der Waals surface area contributed by atoms with Crippen molar-refractivity contribution in [3.63, 3.8) is 0 Å². The molecule has 0 aliphatic carbocycles. The quantitative estimate of drug-likeness (QED) is 0.767. The predicted molar refractivity (Wildman–Crippen MR) is 65.1 cm³/mol. The van der Waals surface area contributed by atoms with E-state index in [2.05, 4.69) is 4.72 Å². The van der Waals surface area contributed by atoms with E-state index in [0.29, 0.717) is 0 Å². The summed E-state index contributed by atoms with van der Waals surface area (Å²) in [7, 11) is -3.82. The summed E-state index contributed by atoms with van der Waals surface area (Å²) >= 11 is 0. The molecule has 0 amide bonds. The number of hydrogen-bond donors (Lipinski definition) is 3. The fraction of sp³-hybridized carbons (Fsp3) is 0.364. The Labute approximate surface area is 105 Å². The van der Waals surface area contributed by atoms with E-state index in [1.807, 2.05) is 0 Å². The van der Waals surface area contributed by atoms with E-state index in [0.717, 1.165) is 18.2 Å². The van der Waals surface area contributed by atoms with Crippen LogP contribution in [0, 0.1) is 0 Å². The molecule has 0 atom stereocenters. The molecule has 0 unspecified atom stereocenters. The maximum Gasteiger partial charge on any atom is 0.339 e. The molecule has 0 spiro atoms. The Balaban J connectivity index is 3.27. The van der Waals surface area contributed by atoms with Gasteiger partial charge in [0.2, 0.25) is 10.0 Å². The highest BCUT2D eigenvalue weighted by molar-refractivity contribution is 7.89. The molecule has 0 saturated carbocycles. The van der Waals surface area contributed by atoms with Crippen molar-refractivity contribution >= 4 is 16.0 Å². The number of hydrogen-bond acceptors (Lipinski definition) is 4. The summed E-state index contributed by atoms with van der Waals surface area (Å²) in [6.07, 6.45) is 0. The lowest BCUT2D eigenvalue weighted by molar-refractivity contribution is 0.0693. The third-order valence-corrected chi connectivity index (χ3v) is 3.70. The first-order valence-electron chi connectivity index (χ1n) is 5.13. The van der Waals surface area contributed by atoms with Crippen molar-refractivity contribution in [2.24, 2.45) is 0 Å². The number of carboxylic acids is 1. The summed E-state index contributed by atoms with van der Waals surface area (Å²) < 4.78 is 26.3. The van der Waals surface area contributed by atoms with Crippen molar-refractivity contribution in [1.29, 1.82) is 0 Å². The van der Waals surface area contributed by atoms with Gasteiger partial charge in [-0.05, 0) is 39.0 Å². The zero-order valence-electron chi connectivity index (χ0n) is 10.3. The molecule has 0 fully saturated rings. The van der Waals surface area contributed by atoms with Crippen molar-refractivity contribution in [3.8, 4) is 5.75 Å². The Kier molecular flexibility index (Phi) is 3.68. The molecule has 0 radical (unpaired) electrons. The van der Waals surface area contributed by atoms with E-state index in [4.69, 9.17) is 5.11 Å². The van der Waals surface area contributed by atoms with E-state index in [1.165, 1.54) is 0 Å². The average molecular weight is 273 g/mol. The van der Waals surface area contributed by atoms with Crippen LogP contribution < -0.4 is 4.72 Å². The normalized spacial score (nSPS) is 12.4. The number of aromatic carboxylic acids is 1. The second kappa shape index (κ2) is 4.58. The van der Waals surface area contributed by atoms with Gasteiger partial charge in [0.25, 0.3) is 0 Å². The molecule has 0 aliphatic rings. The second-order valence-electron chi connectivity index (χ2n) is 4.84. The monoisotopic (exact) mass is 273 g/mol. The van der Waals surface area contributed by atoms with Crippen molar-refractivity contribution in [2.75, 3.05) is 0 Å². The smallest absolute Gasteiger partial charge is 0.339 e. The molecular weight excluding hydrogens is 258 g/mol. The van der Waals surface area contributed by atoms with Crippen LogP contribution in [0.5, 0.6) is 5.75 Å². The first-order chi connectivity index (χ1) is 8.03. The van der Waals surface area contributed by atoms with Crippen LogP contribution >= 0.6 is 0 Å². The van der Waals surface area contributed by atoms with Crippen LogP contribution in [0.2, 0.25) is 0 Å². The van der Waals surface area contributed by atoms with Crippen LogP contribution in [0.15, 0.2) is 23.1 Å². The molecule has 0 aliphatic heterocycles. The summed E-state index contributed by atoms with van der Waals surface area (Å²) in [6, 6.07) is 3.11. The SMILES string of the molecule is CC(C)(C)NS(=O)(=O)c1ccc(O)c(C(=O)O)c1. The maximum absolute atomic E-state index is 11.9. The maximum atomic E-state index is 11.9. The summed E-state index contributed by atoms with van der Waals surface area (Å²) in [5.41, 5.74) is -1.13. The molecule has 100 valence electrons. The number of rotatable bonds is 3. The van der Waals surface area contributed by atoms with Crippen molar-refractivity contribution in [2.45, 2.75) is 31.2 Å². The fourth-order valence-electron chi connectivity index (χ4n) is 1.32. The van der Waals surface area contributed by atoms with Crippen molar-refractivity contribution in [1.82, 2.24) is 4.72 Å². The Morgan fingerprint density at radius 3 is 2.28 bits per heavy atom. The molecule has 7 heteroatoms. The van der Waals surface area contributed by atoms with E-state index in [9.17, 15) is 18.3 Å². The molecule has 0 bridgehead atoms. The topological polar surface area (TPSA) is 104 Å². The number of sulfonamides is 1. The first kappa shape index (κ1) is 14.5. The molecular formula is C11H15NO5S. The minimum absolute atomic E-state index is 0.201. The lowest BCUT2D eigenvalue weighted by Gasteiger charge is -2.20. The highest BCUT2D eigenvalue weighted by atomic mass is 32.2. The van der Waals surface area contributed by atoms with E-state index >= 15 is 0 Å². The summed E-state index contributed by atoms with van der Waals surface area (Å²) in [5.74, 6) is -1.86. The number of carbonyl (C=O) groups is 1. The van der Waals surface area contributed by atoms with Gasteiger partial charge in [-0.15, -0.1) is 0 Å². The van der Waals surface area contributed by atoms with E-state index in [1.54, 1.807) is 20.8 Å². The zero-order chi connectivity index (χ0) is 14.1. The van der Waals surface area contributed by atoms with Gasteiger partial charge in [-0.25, -0.2) is 17.9 Å². The van der Waals surface area contributed by atoms with E-state index < -0.39 is 32.8 Å². The second-order valence-corrected chi connectivity index (χ2v) is 6.52. The first-order valence-corrected chi connectivity index (χ1v) is 6.61. The number of aromatic hydroxyl groups is 1. The molecule has 1 rings (SSSR count). The van der Waals surface area contributed by atoms with Crippen LogP contribution in [0.3, 0.4) is 0 Å². The highest BCUT2D eigenvalue weighted by Gasteiger charge is 2.23. The number of carboxylic acid groups (broad SMARTS) is 1. The lowest BCUT2D eigenvalue weighted by atomic mass is 10.1. The van der Waals surface area contributed by atoms with Gasteiger partial charge in [0.05, 0.1) is 4.90 Å². The Bertz CT molecular complexity index is 572. The van der Waals surface area contributed by atoms with Gasteiger partial charge < -0.3 is 10.2 Å². The van der Waals surface area contributed by atoms with Crippen LogP contribution in [0.1, 0.15) is 31.1 Å². The minimum Gasteiger partial charge on any atom is -0.507 e. The molecule has 0 saturated heterocycles. The molecule has 6 nitrogen and oxygen atoms in total. The summed E-state index contributed by atoms with van der Waals surface area (Å²) in [6.45, 7) is 5.01. The van der Waals surface area contributed by atoms with Crippen LogP contribution in [-0.2, 0) is 10.0 Å². The molecule has 1 aromatic rings. The van der Waals surface area contributed by atoms with Crippen molar-refractivity contribution < 1.29 is 23.4 Å². The standard InChI is InChI=1S/C11H15NO5S/c1-11(2,3)12-18(16,17)7-4-5-9(13)8(6-7)10(14)15/h4-6,12-13H,1-3H3,(H,14,15). The molecule has 18 heavy (non-hydrogen) atoms. The van der Waals surface area contributed by atoms with Gasteiger partial charge in [-0.2, -0.15) is 0 Å². The molecule has 0 aromatic heterocycles. The van der Waals surface area contributed by atoms with Crippen LogP contribution in [0.25, 0.3) is 0 Å². The molecule has 1 aromatic carbocycles. The third-order valence-electron chi connectivity index (χ3n) is 1.95. The fourth-order valence-corrected chi connectivity index (χ4v) is 2.76. The van der Waals surface area contributed by atoms with Crippen LogP contribution in [0.4, 0.5) is 0 Å². The van der Waals surface area contributed by atoms with Gasteiger partial charge in [-0.1, -0.05) is 0 Å². The summed E-state index contributed by atoms with van der Waals surface area (Å²) in [5, 5.41) is 18.1. The van der Waals surface area contributed by atoms with E-state index in [-0.39, 0.29) is 4.90 Å². The van der Waals surface area contributed by atoms with Gasteiger partial charge in [0.1, 0.15) is 11.3 Å². The van der Waals surface area contributed by atoms with Crippen molar-refractivity contribution in [3.05, 3.63) is 23.8 Å². The van der Waals surface area contributed by atoms with Gasteiger partial charge in [-0.3, -0.25) is 0 Å². The average Bonchev–Trinajstić information content (AvgIpc) is 2.13. The zero-order valence-corrected chi connectivity index (χ0v) is 11.1. The van der Waals surface area contributed by atoms with Gasteiger partial charge in [0.15, 0.2) is 0 Å². The van der Waals surface area contributed by atoms with Gasteiger partial charge >= 0.3 is 5.97 Å². The molecule has 3 N–H and O–H groups in total. The Morgan fingerprint density at radius 1 is 1.28 bits per heavy atom. The number of nitrogens with one attached hydrogen (secondary N) is 1. The number of phenols is 1. The van der Waals surface area contributed by atoms with Gasteiger partial charge in [0, 0.05) is 5.54 Å². The Hall–Kier alpha value is -1.60. The third kappa shape index (κ3) is 3.44. The molecule has 0 heterocycles. The Morgan fingerprint density at radius 2 is 1.83 bits per heavy atom. The number of benzene rings is 1. The highest BCUT2D eigenvalue weighted by Crippen LogP contribution is 2.22. The largest absolute Gasteiger partial charge is 0.507 e. The summed E-state index contributed by atoms with van der Waals surface area (Å²) in [4.78, 5) is 10.6.